The summed E-state index contributed by atoms with van der Waals surface area (Å²) in [5, 5.41) is 3.84. The lowest BCUT2D eigenvalue weighted by Crippen LogP contribution is -2.47. The largest absolute Gasteiger partial charge is 0.493 e. The number of hydrogen-bond acceptors (Lipinski definition) is 4. The fourth-order valence-corrected chi connectivity index (χ4v) is 4.05. The first kappa shape index (κ1) is 21.8. The number of carbonyl (C=O) groups is 1. The van der Waals surface area contributed by atoms with Crippen LogP contribution in [0.15, 0.2) is 53.7 Å². The SMILES string of the molecule is CCN1C(=S)NC(c2cccc(OC)c2OCc2ccc(F)cc2)C(C(C)=O)=C1C. The lowest BCUT2D eigenvalue weighted by atomic mass is 9.91. The smallest absolute Gasteiger partial charge is 0.173 e. The van der Waals surface area contributed by atoms with Crippen molar-refractivity contribution in [3.8, 4) is 11.5 Å². The Hall–Kier alpha value is -2.93. The molecule has 2 aromatic rings. The predicted molar refractivity (Wildman–Crippen MR) is 118 cm³/mol. The van der Waals surface area contributed by atoms with Crippen LogP contribution in [0.4, 0.5) is 4.39 Å². The van der Waals surface area contributed by atoms with Crippen LogP contribution in [0.2, 0.25) is 0 Å². The number of nitrogens with zero attached hydrogens (tertiary/aromatic N) is 1. The van der Waals surface area contributed by atoms with E-state index < -0.39 is 6.04 Å². The van der Waals surface area contributed by atoms with E-state index in [1.165, 1.54) is 12.1 Å². The van der Waals surface area contributed by atoms with E-state index in [0.29, 0.717) is 28.7 Å². The Morgan fingerprint density at radius 3 is 2.53 bits per heavy atom. The third-order valence-corrected chi connectivity index (χ3v) is 5.47. The lowest BCUT2D eigenvalue weighted by Gasteiger charge is -2.37. The topological polar surface area (TPSA) is 50.8 Å². The first-order chi connectivity index (χ1) is 14.4. The number of allylic oxidation sites excluding steroid dienone is 1. The first-order valence-electron chi connectivity index (χ1n) is 9.71. The summed E-state index contributed by atoms with van der Waals surface area (Å²) in [6.07, 6.45) is 0. The van der Waals surface area contributed by atoms with Gasteiger partial charge in [-0.1, -0.05) is 24.3 Å². The zero-order valence-electron chi connectivity index (χ0n) is 17.5. The molecule has 0 saturated carbocycles. The van der Waals surface area contributed by atoms with Crippen LogP contribution in [0.25, 0.3) is 0 Å². The summed E-state index contributed by atoms with van der Waals surface area (Å²) in [5.41, 5.74) is 3.02. The monoisotopic (exact) mass is 428 g/mol. The van der Waals surface area contributed by atoms with Gasteiger partial charge >= 0.3 is 0 Å². The van der Waals surface area contributed by atoms with Crippen molar-refractivity contribution in [3.63, 3.8) is 0 Å². The summed E-state index contributed by atoms with van der Waals surface area (Å²) in [5.74, 6) is 0.712. The molecule has 7 heteroatoms. The van der Waals surface area contributed by atoms with Crippen molar-refractivity contribution < 1.29 is 18.7 Å². The molecule has 0 saturated heterocycles. The Balaban J connectivity index is 2.04. The molecule has 0 aromatic heterocycles. The molecule has 0 aliphatic carbocycles. The van der Waals surface area contributed by atoms with E-state index in [-0.39, 0.29) is 18.2 Å². The van der Waals surface area contributed by atoms with Gasteiger partial charge in [0.2, 0.25) is 0 Å². The van der Waals surface area contributed by atoms with Gasteiger partial charge in [0.25, 0.3) is 0 Å². The summed E-state index contributed by atoms with van der Waals surface area (Å²) in [7, 11) is 1.56. The highest BCUT2D eigenvalue weighted by Gasteiger charge is 2.34. The molecule has 0 bridgehead atoms. The Labute approximate surface area is 181 Å². The van der Waals surface area contributed by atoms with Crippen molar-refractivity contribution in [3.05, 3.63) is 70.7 Å². The number of ketones is 1. The number of benzene rings is 2. The Bertz CT molecular complexity index is 988. The molecule has 158 valence electrons. The average molecular weight is 429 g/mol. The van der Waals surface area contributed by atoms with Crippen LogP contribution in [0.5, 0.6) is 11.5 Å². The van der Waals surface area contributed by atoms with E-state index in [9.17, 15) is 9.18 Å². The summed E-state index contributed by atoms with van der Waals surface area (Å²) in [6, 6.07) is 11.2. The summed E-state index contributed by atoms with van der Waals surface area (Å²) >= 11 is 5.54. The quantitative estimate of drug-likeness (QED) is 0.654. The number of rotatable bonds is 7. The third-order valence-electron chi connectivity index (χ3n) is 5.13. The minimum Gasteiger partial charge on any atom is -0.493 e. The van der Waals surface area contributed by atoms with Crippen molar-refractivity contribution in [2.75, 3.05) is 13.7 Å². The van der Waals surface area contributed by atoms with Crippen molar-refractivity contribution in [1.29, 1.82) is 0 Å². The van der Waals surface area contributed by atoms with Crippen LogP contribution in [0, 0.1) is 5.82 Å². The fraction of sp³-hybridized carbons (Fsp3) is 0.304. The third kappa shape index (κ3) is 4.31. The molecule has 1 aliphatic rings. The van der Waals surface area contributed by atoms with Gasteiger partial charge < -0.3 is 19.7 Å². The minimum atomic E-state index is -0.462. The number of carbonyl (C=O) groups excluding carboxylic acids is 1. The number of hydrogen-bond donors (Lipinski definition) is 1. The number of ether oxygens (including phenoxy) is 2. The second kappa shape index (κ2) is 9.26. The summed E-state index contributed by atoms with van der Waals surface area (Å²) in [4.78, 5) is 14.5. The molecule has 30 heavy (non-hydrogen) atoms. The molecular formula is C23H25FN2O3S. The Morgan fingerprint density at radius 1 is 1.23 bits per heavy atom. The minimum absolute atomic E-state index is 0.0433. The molecule has 1 heterocycles. The van der Waals surface area contributed by atoms with E-state index in [4.69, 9.17) is 21.7 Å². The standard InChI is InChI=1S/C23H25FN2O3S/c1-5-26-14(2)20(15(3)27)21(25-23(26)30)18-7-6-8-19(28-4)22(18)29-13-16-9-11-17(24)12-10-16/h6-12,21H,5,13H2,1-4H3,(H,25,30). The van der Waals surface area contributed by atoms with E-state index in [1.54, 1.807) is 32.2 Å². The Kier molecular flexibility index (Phi) is 6.72. The van der Waals surface area contributed by atoms with Crippen molar-refractivity contribution >= 4 is 23.1 Å². The van der Waals surface area contributed by atoms with Crippen molar-refractivity contribution in [1.82, 2.24) is 10.2 Å². The maximum atomic E-state index is 13.2. The van der Waals surface area contributed by atoms with Crippen LogP contribution in [-0.2, 0) is 11.4 Å². The molecule has 1 N–H and O–H groups in total. The molecule has 2 aromatic carbocycles. The Morgan fingerprint density at radius 2 is 1.93 bits per heavy atom. The van der Waals surface area contributed by atoms with Gasteiger partial charge in [0.1, 0.15) is 12.4 Å². The van der Waals surface area contributed by atoms with Gasteiger partial charge in [0.05, 0.1) is 13.2 Å². The van der Waals surface area contributed by atoms with Crippen LogP contribution >= 0.6 is 12.2 Å². The summed E-state index contributed by atoms with van der Waals surface area (Å²) in [6.45, 7) is 6.32. The molecule has 1 unspecified atom stereocenters. The van der Waals surface area contributed by atoms with Crippen LogP contribution < -0.4 is 14.8 Å². The molecule has 1 atom stereocenters. The molecule has 0 fully saturated rings. The first-order valence-corrected chi connectivity index (χ1v) is 10.1. The van der Waals surface area contributed by atoms with Gasteiger partial charge in [0, 0.05) is 23.4 Å². The van der Waals surface area contributed by atoms with Gasteiger partial charge in [-0.3, -0.25) is 4.79 Å². The number of methoxy groups -OCH3 is 1. The van der Waals surface area contributed by atoms with Gasteiger partial charge in [-0.15, -0.1) is 0 Å². The van der Waals surface area contributed by atoms with E-state index >= 15 is 0 Å². The fourth-order valence-electron chi connectivity index (χ4n) is 3.66. The lowest BCUT2D eigenvalue weighted by molar-refractivity contribution is -0.114. The highest BCUT2D eigenvalue weighted by atomic mass is 32.1. The molecular weight excluding hydrogens is 403 g/mol. The number of halogens is 1. The highest BCUT2D eigenvalue weighted by molar-refractivity contribution is 7.80. The molecule has 0 spiro atoms. The van der Waals surface area contributed by atoms with Crippen LogP contribution in [0.3, 0.4) is 0 Å². The molecule has 0 radical (unpaired) electrons. The van der Waals surface area contributed by atoms with E-state index in [1.807, 2.05) is 30.9 Å². The van der Waals surface area contributed by atoms with Gasteiger partial charge in [0.15, 0.2) is 22.4 Å². The number of nitrogens with one attached hydrogen (secondary N) is 1. The zero-order chi connectivity index (χ0) is 21.8. The van der Waals surface area contributed by atoms with Gasteiger partial charge in [-0.05, 0) is 56.8 Å². The van der Waals surface area contributed by atoms with E-state index in [0.717, 1.165) is 16.8 Å². The van der Waals surface area contributed by atoms with Crippen molar-refractivity contribution in [2.45, 2.75) is 33.4 Å². The number of thiocarbonyl (C=S) groups is 1. The second-order valence-electron chi connectivity index (χ2n) is 6.98. The highest BCUT2D eigenvalue weighted by Crippen LogP contribution is 2.40. The molecule has 5 nitrogen and oxygen atoms in total. The zero-order valence-corrected chi connectivity index (χ0v) is 18.3. The maximum absolute atomic E-state index is 13.2. The predicted octanol–water partition coefficient (Wildman–Crippen LogP) is 4.53. The normalized spacial score (nSPS) is 16.4. The van der Waals surface area contributed by atoms with Gasteiger partial charge in [-0.25, -0.2) is 4.39 Å². The molecule has 1 aliphatic heterocycles. The van der Waals surface area contributed by atoms with Crippen LogP contribution in [-0.4, -0.2) is 29.5 Å². The van der Waals surface area contributed by atoms with Crippen LogP contribution in [0.1, 0.15) is 37.9 Å². The van der Waals surface area contributed by atoms with Crippen molar-refractivity contribution in [2.24, 2.45) is 0 Å². The van der Waals surface area contributed by atoms with Gasteiger partial charge in [-0.2, -0.15) is 0 Å². The number of para-hydroxylation sites is 1. The average Bonchev–Trinajstić information content (AvgIpc) is 2.72. The number of Topliss-reactive ketones (excluding diaryl/α,β-unsaturated/α-hetero) is 1. The van der Waals surface area contributed by atoms with E-state index in [2.05, 4.69) is 5.32 Å². The maximum Gasteiger partial charge on any atom is 0.173 e. The second-order valence-corrected chi connectivity index (χ2v) is 7.36. The molecule has 0 amide bonds. The summed E-state index contributed by atoms with van der Waals surface area (Å²) < 4.78 is 24.8. The molecule has 3 rings (SSSR count).